The zero-order valence-corrected chi connectivity index (χ0v) is 14.5. The van der Waals surface area contributed by atoms with E-state index in [2.05, 4.69) is 65.8 Å². The summed E-state index contributed by atoms with van der Waals surface area (Å²) in [6.45, 7) is 2.21. The molecule has 2 heteroatoms. The van der Waals surface area contributed by atoms with Gasteiger partial charge in [0, 0.05) is 16.6 Å². The molecule has 24 heavy (non-hydrogen) atoms. The molecule has 1 aliphatic carbocycles. The summed E-state index contributed by atoms with van der Waals surface area (Å²) in [6, 6.07) is 17.7. The molecule has 2 aromatic carbocycles. The zero-order valence-electron chi connectivity index (χ0n) is 13.7. The lowest BCUT2D eigenvalue weighted by Gasteiger charge is -2.24. The minimum atomic E-state index is 1.23. The highest BCUT2D eigenvalue weighted by atomic mass is 32.1. The number of fused-ring (bicyclic) bond motifs is 2. The van der Waals surface area contributed by atoms with Crippen LogP contribution in [0.15, 0.2) is 59.5 Å². The van der Waals surface area contributed by atoms with Gasteiger partial charge in [0.25, 0.3) is 0 Å². The van der Waals surface area contributed by atoms with E-state index in [1.54, 1.807) is 16.9 Å². The summed E-state index contributed by atoms with van der Waals surface area (Å²) in [5.74, 6) is 0. The smallest absolute Gasteiger partial charge is 0.100 e. The van der Waals surface area contributed by atoms with Crippen molar-refractivity contribution in [2.75, 3.05) is 0 Å². The fourth-order valence-corrected chi connectivity index (χ4v) is 4.76. The molecule has 5 rings (SSSR count). The number of rotatable bonds is 2. The first-order valence-electron chi connectivity index (χ1n) is 8.59. The van der Waals surface area contributed by atoms with Gasteiger partial charge in [-0.1, -0.05) is 48.0 Å². The van der Waals surface area contributed by atoms with Crippen molar-refractivity contribution in [3.8, 4) is 0 Å². The highest BCUT2D eigenvalue weighted by Gasteiger charge is 2.23. The van der Waals surface area contributed by atoms with Crippen LogP contribution in [0.25, 0.3) is 26.6 Å². The number of hydrogen-bond donors (Lipinski definition) is 1. The molecule has 1 N–H and O–H groups in total. The Morgan fingerprint density at radius 2 is 1.79 bits per heavy atom. The molecule has 1 fully saturated rings. The van der Waals surface area contributed by atoms with Crippen LogP contribution in [0, 0.1) is 6.92 Å². The van der Waals surface area contributed by atoms with Crippen molar-refractivity contribution in [2.45, 2.75) is 26.2 Å². The van der Waals surface area contributed by atoms with Gasteiger partial charge in [0.2, 0.25) is 0 Å². The fourth-order valence-electron chi connectivity index (χ4n) is 3.91. The molecule has 0 amide bonds. The van der Waals surface area contributed by atoms with Crippen LogP contribution < -0.4 is 0 Å². The minimum Gasteiger partial charge on any atom is -0.350 e. The van der Waals surface area contributed by atoms with E-state index < -0.39 is 0 Å². The van der Waals surface area contributed by atoms with Gasteiger partial charge >= 0.3 is 0 Å². The lowest BCUT2D eigenvalue weighted by atomic mass is 9.80. The van der Waals surface area contributed by atoms with Crippen molar-refractivity contribution in [3.63, 3.8) is 0 Å². The summed E-state index contributed by atoms with van der Waals surface area (Å²) in [5, 5.41) is 6.25. The van der Waals surface area contributed by atoms with Crippen LogP contribution in [-0.4, -0.2) is 4.98 Å². The Labute approximate surface area is 145 Å². The molecule has 1 nitrogen and oxygen atoms in total. The maximum absolute atomic E-state index is 3.59. The van der Waals surface area contributed by atoms with Crippen LogP contribution in [0.4, 0.5) is 0 Å². The Kier molecular flexibility index (Phi) is 3.14. The van der Waals surface area contributed by atoms with Crippen molar-refractivity contribution < 1.29 is 0 Å². The Morgan fingerprint density at radius 3 is 2.62 bits per heavy atom. The number of thiophene rings is 1. The molecule has 0 bridgehead atoms. The summed E-state index contributed by atoms with van der Waals surface area (Å²) in [5.41, 5.74) is 7.18. The van der Waals surface area contributed by atoms with E-state index in [-0.39, 0.29) is 0 Å². The second-order valence-electron chi connectivity index (χ2n) is 6.65. The summed E-state index contributed by atoms with van der Waals surface area (Å²) in [6.07, 6.45) is 3.78. The predicted octanol–water partition coefficient (Wildman–Crippen LogP) is 6.68. The van der Waals surface area contributed by atoms with Gasteiger partial charge in [0.05, 0.1) is 0 Å². The summed E-state index contributed by atoms with van der Waals surface area (Å²) in [4.78, 5) is 4.88. The molecule has 118 valence electrons. The van der Waals surface area contributed by atoms with Crippen LogP contribution in [0.2, 0.25) is 0 Å². The molecule has 1 saturated carbocycles. The average Bonchev–Trinajstić information content (AvgIpc) is 3.11. The van der Waals surface area contributed by atoms with E-state index >= 15 is 0 Å². The second-order valence-corrected chi connectivity index (χ2v) is 7.56. The Hall–Kier alpha value is -2.32. The van der Waals surface area contributed by atoms with Gasteiger partial charge in [-0.25, -0.2) is 0 Å². The fraction of sp³-hybridized carbons (Fsp3) is 0.182. The van der Waals surface area contributed by atoms with Crippen LogP contribution >= 0.6 is 11.3 Å². The maximum Gasteiger partial charge on any atom is 0.100 e. The first kappa shape index (κ1) is 14.1. The van der Waals surface area contributed by atoms with E-state index in [1.165, 1.54) is 62.6 Å². The number of benzene rings is 2. The molecular weight excluding hydrogens is 310 g/mol. The average molecular weight is 329 g/mol. The minimum absolute atomic E-state index is 1.23. The molecule has 0 aliphatic heterocycles. The Morgan fingerprint density at radius 1 is 0.958 bits per heavy atom. The van der Waals surface area contributed by atoms with E-state index in [9.17, 15) is 0 Å². The summed E-state index contributed by atoms with van der Waals surface area (Å²) < 4.78 is 0. The van der Waals surface area contributed by atoms with E-state index in [1.807, 2.05) is 0 Å². The van der Waals surface area contributed by atoms with Crippen molar-refractivity contribution >= 4 is 37.9 Å². The lowest BCUT2D eigenvalue weighted by Crippen LogP contribution is -2.04. The number of allylic oxidation sites excluding steroid dienone is 1. The van der Waals surface area contributed by atoms with Crippen molar-refractivity contribution in [1.29, 1.82) is 0 Å². The first-order chi connectivity index (χ1) is 11.8. The standard InChI is InChI=1S/C22H19NS/c1-14-20(19-12-13-24-22(19)23-14)21(16-8-4-9-16)18-11-5-7-15-6-2-3-10-17(15)18/h2-3,5-7,10-13,23H,4,8-9H2,1H3. The highest BCUT2D eigenvalue weighted by Crippen LogP contribution is 2.44. The van der Waals surface area contributed by atoms with Crippen LogP contribution in [0.3, 0.4) is 0 Å². The molecule has 0 unspecified atom stereocenters. The first-order valence-corrected chi connectivity index (χ1v) is 9.47. The normalized spacial score (nSPS) is 14.3. The number of aromatic nitrogens is 1. The number of hydrogen-bond acceptors (Lipinski definition) is 1. The van der Waals surface area contributed by atoms with Gasteiger partial charge in [0.15, 0.2) is 0 Å². The number of aromatic amines is 1. The van der Waals surface area contributed by atoms with Crippen molar-refractivity contribution in [3.05, 3.63) is 76.3 Å². The van der Waals surface area contributed by atoms with Gasteiger partial charge < -0.3 is 4.98 Å². The molecule has 2 aromatic heterocycles. The third-order valence-electron chi connectivity index (χ3n) is 5.23. The van der Waals surface area contributed by atoms with E-state index in [0.29, 0.717) is 0 Å². The maximum atomic E-state index is 3.59. The Bertz CT molecular complexity index is 1080. The summed E-state index contributed by atoms with van der Waals surface area (Å²) in [7, 11) is 0. The zero-order chi connectivity index (χ0) is 16.1. The van der Waals surface area contributed by atoms with Crippen LogP contribution in [0.5, 0.6) is 0 Å². The van der Waals surface area contributed by atoms with Gasteiger partial charge in [-0.2, -0.15) is 0 Å². The topological polar surface area (TPSA) is 15.8 Å². The number of aryl methyl sites for hydroxylation is 1. The third kappa shape index (κ3) is 1.99. The Balaban J connectivity index is 1.87. The van der Waals surface area contributed by atoms with Crippen molar-refractivity contribution in [1.82, 2.24) is 4.98 Å². The molecule has 0 spiro atoms. The predicted molar refractivity (Wildman–Crippen MR) is 105 cm³/mol. The van der Waals surface area contributed by atoms with Gasteiger partial charge in [0.1, 0.15) is 4.83 Å². The second kappa shape index (κ2) is 5.35. The lowest BCUT2D eigenvalue weighted by molar-refractivity contribution is 0.666. The van der Waals surface area contributed by atoms with Crippen LogP contribution in [-0.2, 0) is 0 Å². The summed E-state index contributed by atoms with van der Waals surface area (Å²) >= 11 is 1.80. The van der Waals surface area contributed by atoms with Gasteiger partial charge in [-0.15, -0.1) is 11.3 Å². The molecule has 1 aliphatic rings. The number of nitrogens with one attached hydrogen (secondary N) is 1. The number of H-pyrrole nitrogens is 1. The molecule has 0 radical (unpaired) electrons. The molecule has 0 atom stereocenters. The van der Waals surface area contributed by atoms with E-state index in [0.717, 1.165) is 0 Å². The molecular formula is C22H19NS. The molecule has 2 heterocycles. The largest absolute Gasteiger partial charge is 0.350 e. The SMILES string of the molecule is Cc1[nH]c2sccc2c1C(=C1CCC1)c1cccc2ccccc12. The van der Waals surface area contributed by atoms with Crippen LogP contribution in [0.1, 0.15) is 36.1 Å². The molecule has 0 saturated heterocycles. The van der Waals surface area contributed by atoms with E-state index in [4.69, 9.17) is 0 Å². The third-order valence-corrected chi connectivity index (χ3v) is 6.06. The molecule has 4 aromatic rings. The monoisotopic (exact) mass is 329 g/mol. The van der Waals surface area contributed by atoms with Gasteiger partial charge in [-0.05, 0) is 59.5 Å². The van der Waals surface area contributed by atoms with Gasteiger partial charge in [-0.3, -0.25) is 0 Å². The van der Waals surface area contributed by atoms with Crippen molar-refractivity contribution in [2.24, 2.45) is 0 Å². The quantitative estimate of drug-likeness (QED) is 0.422. The highest BCUT2D eigenvalue weighted by molar-refractivity contribution is 7.16.